The summed E-state index contributed by atoms with van der Waals surface area (Å²) in [5.41, 5.74) is 1.12. The van der Waals surface area contributed by atoms with Crippen molar-refractivity contribution < 1.29 is 9.47 Å². The van der Waals surface area contributed by atoms with Crippen molar-refractivity contribution in [2.75, 3.05) is 7.05 Å². The zero-order valence-electron chi connectivity index (χ0n) is 15.6. The van der Waals surface area contributed by atoms with Crippen molar-refractivity contribution in [3.63, 3.8) is 0 Å². The molecule has 0 spiro atoms. The summed E-state index contributed by atoms with van der Waals surface area (Å²) in [6.07, 6.45) is 12.6. The Kier molecular flexibility index (Phi) is 5.58. The number of aromatic nitrogens is 1. The van der Waals surface area contributed by atoms with Gasteiger partial charge >= 0.3 is 0 Å². The summed E-state index contributed by atoms with van der Waals surface area (Å²) >= 11 is 0. The number of nitrogens with zero attached hydrogens (tertiary/aromatic N) is 2. The molecular weight excluding hydrogens is 328 g/mol. The smallest absolute Gasteiger partial charge is 0.213 e. The van der Waals surface area contributed by atoms with Crippen LogP contribution in [-0.2, 0) is 11.3 Å². The largest absolute Gasteiger partial charge is 0.474 e. The van der Waals surface area contributed by atoms with Crippen LogP contribution >= 0.6 is 0 Å². The molecule has 4 rings (SSSR count). The third-order valence-electron chi connectivity index (χ3n) is 5.75. The molecule has 2 saturated heterocycles. The van der Waals surface area contributed by atoms with Gasteiger partial charge in [-0.1, -0.05) is 12.5 Å². The monoisotopic (exact) mass is 358 g/mol. The van der Waals surface area contributed by atoms with Crippen molar-refractivity contribution in [3.05, 3.63) is 23.9 Å². The molecule has 1 aromatic heterocycles. The molecule has 3 aliphatic rings. The normalized spacial score (nSPS) is 29.0. The van der Waals surface area contributed by atoms with E-state index in [2.05, 4.69) is 26.7 Å². The molecule has 6 nitrogen and oxygen atoms in total. The molecular formula is C20H30N4O2. The second kappa shape index (κ2) is 8.25. The van der Waals surface area contributed by atoms with Crippen molar-refractivity contribution >= 4 is 5.96 Å². The van der Waals surface area contributed by atoms with Crippen LogP contribution in [0.25, 0.3) is 0 Å². The van der Waals surface area contributed by atoms with Crippen molar-refractivity contribution in [3.8, 4) is 5.88 Å². The zero-order chi connectivity index (χ0) is 17.8. The van der Waals surface area contributed by atoms with Crippen LogP contribution < -0.4 is 15.4 Å². The molecule has 0 amide bonds. The molecule has 2 bridgehead atoms. The van der Waals surface area contributed by atoms with E-state index in [9.17, 15) is 0 Å². The number of hydrogen-bond donors (Lipinski definition) is 2. The summed E-state index contributed by atoms with van der Waals surface area (Å²) in [7, 11) is 1.81. The Balaban J connectivity index is 1.24. The Morgan fingerprint density at radius 3 is 2.77 bits per heavy atom. The van der Waals surface area contributed by atoms with Gasteiger partial charge < -0.3 is 20.1 Å². The number of nitrogens with one attached hydrogen (secondary N) is 2. The van der Waals surface area contributed by atoms with Crippen molar-refractivity contribution in [1.82, 2.24) is 15.6 Å². The van der Waals surface area contributed by atoms with Gasteiger partial charge in [0.2, 0.25) is 5.88 Å². The SMILES string of the molecule is CN=C(NCc1ccc(OC2CCCCC2)nc1)NC1CC2CCC1O2. The second-order valence-corrected chi connectivity index (χ2v) is 7.67. The van der Waals surface area contributed by atoms with E-state index >= 15 is 0 Å². The van der Waals surface area contributed by atoms with E-state index in [1.807, 2.05) is 19.3 Å². The number of hydrogen-bond acceptors (Lipinski definition) is 4. The van der Waals surface area contributed by atoms with Crippen molar-refractivity contribution in [2.24, 2.45) is 4.99 Å². The predicted octanol–water partition coefficient (Wildman–Crippen LogP) is 2.78. The predicted molar refractivity (Wildman–Crippen MR) is 101 cm³/mol. The Hall–Kier alpha value is -1.82. The van der Waals surface area contributed by atoms with E-state index in [-0.39, 0.29) is 0 Å². The molecule has 142 valence electrons. The molecule has 2 N–H and O–H groups in total. The van der Waals surface area contributed by atoms with E-state index in [1.165, 1.54) is 25.7 Å². The van der Waals surface area contributed by atoms with Gasteiger partial charge in [0.1, 0.15) is 6.10 Å². The Morgan fingerprint density at radius 2 is 2.12 bits per heavy atom. The van der Waals surface area contributed by atoms with Gasteiger partial charge in [-0.05, 0) is 50.5 Å². The first-order chi connectivity index (χ1) is 12.8. The molecule has 1 aliphatic carbocycles. The molecule has 0 radical (unpaired) electrons. The first-order valence-corrected chi connectivity index (χ1v) is 10.0. The fourth-order valence-electron chi connectivity index (χ4n) is 4.28. The van der Waals surface area contributed by atoms with Gasteiger partial charge in [0.05, 0.1) is 18.2 Å². The average molecular weight is 358 g/mol. The van der Waals surface area contributed by atoms with Crippen LogP contribution in [0.15, 0.2) is 23.3 Å². The minimum absolute atomic E-state index is 0.340. The summed E-state index contributed by atoms with van der Waals surface area (Å²) in [6.45, 7) is 0.693. The number of pyridine rings is 1. The zero-order valence-corrected chi connectivity index (χ0v) is 15.6. The third kappa shape index (κ3) is 4.29. The number of guanidine groups is 1. The standard InChI is InChI=1S/C20H30N4O2/c1-21-20(24-17-11-16-8-9-18(17)25-16)23-13-14-7-10-19(22-12-14)26-15-5-3-2-4-6-15/h7,10,12,15-18H,2-6,8-9,11,13H2,1H3,(H2,21,23,24). The number of aliphatic imine (C=N–C) groups is 1. The lowest BCUT2D eigenvalue weighted by Gasteiger charge is -2.23. The summed E-state index contributed by atoms with van der Waals surface area (Å²) < 4.78 is 11.9. The van der Waals surface area contributed by atoms with Crippen LogP contribution in [0.3, 0.4) is 0 Å². The maximum absolute atomic E-state index is 5.99. The Bertz CT molecular complexity index is 613. The molecule has 3 atom stereocenters. The Morgan fingerprint density at radius 1 is 1.23 bits per heavy atom. The lowest BCUT2D eigenvalue weighted by Crippen LogP contribution is -2.47. The van der Waals surface area contributed by atoms with Crippen LogP contribution in [0, 0.1) is 0 Å². The topological polar surface area (TPSA) is 67.8 Å². The summed E-state index contributed by atoms with van der Waals surface area (Å²) in [4.78, 5) is 8.81. The number of fused-ring (bicyclic) bond motifs is 2. The number of ether oxygens (including phenoxy) is 2. The maximum Gasteiger partial charge on any atom is 0.213 e. The molecule has 1 aromatic rings. The quantitative estimate of drug-likeness (QED) is 0.626. The molecule has 6 heteroatoms. The maximum atomic E-state index is 5.99. The van der Waals surface area contributed by atoms with Crippen molar-refractivity contribution in [2.45, 2.75) is 82.3 Å². The highest BCUT2D eigenvalue weighted by molar-refractivity contribution is 5.80. The molecule has 0 aromatic carbocycles. The Labute approximate surface area is 155 Å². The van der Waals surface area contributed by atoms with E-state index in [0.717, 1.165) is 43.1 Å². The molecule has 1 saturated carbocycles. The van der Waals surface area contributed by atoms with E-state index in [4.69, 9.17) is 9.47 Å². The van der Waals surface area contributed by atoms with Crippen molar-refractivity contribution in [1.29, 1.82) is 0 Å². The highest BCUT2D eigenvalue weighted by Crippen LogP contribution is 2.34. The molecule has 3 heterocycles. The highest BCUT2D eigenvalue weighted by atomic mass is 16.5. The minimum atomic E-state index is 0.340. The van der Waals surface area contributed by atoms with Crippen LogP contribution in [-0.4, -0.2) is 42.3 Å². The van der Waals surface area contributed by atoms with Gasteiger partial charge in [0, 0.05) is 25.9 Å². The van der Waals surface area contributed by atoms with Crippen LogP contribution in [0.4, 0.5) is 0 Å². The molecule has 3 unspecified atom stereocenters. The lowest BCUT2D eigenvalue weighted by atomic mass is 9.96. The van der Waals surface area contributed by atoms with E-state index < -0.39 is 0 Å². The first kappa shape index (κ1) is 17.6. The van der Waals surface area contributed by atoms with Crippen LogP contribution in [0.2, 0.25) is 0 Å². The fourth-order valence-corrected chi connectivity index (χ4v) is 4.28. The van der Waals surface area contributed by atoms with Gasteiger partial charge in [0.15, 0.2) is 5.96 Å². The lowest BCUT2D eigenvalue weighted by molar-refractivity contribution is 0.0992. The molecule has 2 aliphatic heterocycles. The van der Waals surface area contributed by atoms with Gasteiger partial charge in [-0.15, -0.1) is 0 Å². The van der Waals surface area contributed by atoms with E-state index in [0.29, 0.717) is 30.9 Å². The third-order valence-corrected chi connectivity index (χ3v) is 5.75. The molecule has 3 fully saturated rings. The number of rotatable bonds is 5. The van der Waals surface area contributed by atoms with Crippen LogP contribution in [0.5, 0.6) is 5.88 Å². The van der Waals surface area contributed by atoms with Crippen LogP contribution in [0.1, 0.15) is 56.9 Å². The fraction of sp³-hybridized carbons (Fsp3) is 0.700. The van der Waals surface area contributed by atoms with Gasteiger partial charge in [0.25, 0.3) is 0 Å². The van der Waals surface area contributed by atoms with Gasteiger partial charge in [-0.3, -0.25) is 4.99 Å². The average Bonchev–Trinajstić information content (AvgIpc) is 3.30. The second-order valence-electron chi connectivity index (χ2n) is 7.67. The molecule has 26 heavy (non-hydrogen) atoms. The summed E-state index contributed by atoms with van der Waals surface area (Å²) in [5.74, 6) is 1.57. The first-order valence-electron chi connectivity index (χ1n) is 10.0. The minimum Gasteiger partial charge on any atom is -0.474 e. The van der Waals surface area contributed by atoms with Gasteiger partial charge in [-0.2, -0.15) is 0 Å². The highest BCUT2D eigenvalue weighted by Gasteiger charge is 2.41. The summed E-state index contributed by atoms with van der Waals surface area (Å²) in [6, 6.07) is 4.43. The van der Waals surface area contributed by atoms with E-state index in [1.54, 1.807) is 0 Å². The summed E-state index contributed by atoms with van der Waals surface area (Å²) in [5, 5.41) is 6.88. The van der Waals surface area contributed by atoms with Gasteiger partial charge in [-0.25, -0.2) is 4.98 Å².